The summed E-state index contributed by atoms with van der Waals surface area (Å²) in [5.74, 6) is -2.68. The molecular formula is C18H26N6O5. The van der Waals surface area contributed by atoms with E-state index in [9.17, 15) is 19.2 Å². The van der Waals surface area contributed by atoms with Gasteiger partial charge in [0.25, 0.3) is 5.91 Å². The summed E-state index contributed by atoms with van der Waals surface area (Å²) in [5, 5.41) is 16.4. The molecule has 0 aliphatic carbocycles. The number of benzene rings is 1. The lowest BCUT2D eigenvalue weighted by atomic mass is 10.1. The van der Waals surface area contributed by atoms with Crippen LogP contribution >= 0.6 is 0 Å². The lowest BCUT2D eigenvalue weighted by molar-refractivity contribution is -0.141. The Morgan fingerprint density at radius 2 is 1.72 bits per heavy atom. The molecule has 11 heteroatoms. The molecule has 29 heavy (non-hydrogen) atoms. The van der Waals surface area contributed by atoms with E-state index in [4.69, 9.17) is 16.6 Å². The Bertz CT molecular complexity index is 734. The van der Waals surface area contributed by atoms with Gasteiger partial charge in [-0.3, -0.25) is 19.4 Å². The number of nitrogens with two attached hydrogens (primary N) is 2. The van der Waals surface area contributed by atoms with Crippen molar-refractivity contribution in [3.63, 3.8) is 0 Å². The number of aliphatic imine (C=N–C) groups is 1. The molecule has 0 unspecified atom stereocenters. The molecule has 1 aromatic rings. The number of aliphatic carboxylic acids is 1. The highest BCUT2D eigenvalue weighted by atomic mass is 16.4. The van der Waals surface area contributed by atoms with Crippen LogP contribution in [0.25, 0.3) is 0 Å². The van der Waals surface area contributed by atoms with Gasteiger partial charge in [0.2, 0.25) is 11.8 Å². The highest BCUT2D eigenvalue weighted by Gasteiger charge is 2.19. The van der Waals surface area contributed by atoms with Crippen molar-refractivity contribution in [3.05, 3.63) is 35.9 Å². The number of guanidine groups is 1. The molecule has 158 valence electrons. The van der Waals surface area contributed by atoms with Crippen LogP contribution in [0.2, 0.25) is 0 Å². The van der Waals surface area contributed by atoms with Crippen LogP contribution in [0.5, 0.6) is 0 Å². The second-order valence-corrected chi connectivity index (χ2v) is 6.06. The summed E-state index contributed by atoms with van der Waals surface area (Å²) < 4.78 is 0. The van der Waals surface area contributed by atoms with Crippen molar-refractivity contribution in [2.24, 2.45) is 16.5 Å². The third-order valence-corrected chi connectivity index (χ3v) is 3.70. The second-order valence-electron chi connectivity index (χ2n) is 6.06. The zero-order valence-corrected chi connectivity index (χ0v) is 15.9. The molecule has 0 fully saturated rings. The Labute approximate surface area is 167 Å². The van der Waals surface area contributed by atoms with E-state index in [1.54, 1.807) is 30.3 Å². The number of carbonyl (C=O) groups is 4. The first-order chi connectivity index (χ1) is 13.8. The minimum absolute atomic E-state index is 0.0211. The molecule has 0 aliphatic heterocycles. The Kier molecular flexibility index (Phi) is 10.3. The molecule has 0 radical (unpaired) electrons. The SMILES string of the molecule is NC(N)=NCCC[C@H](NC(=O)CNC(=O)CCNC(=O)c1ccccc1)C(=O)O. The third kappa shape index (κ3) is 10.3. The van der Waals surface area contributed by atoms with Crippen molar-refractivity contribution in [3.8, 4) is 0 Å². The first-order valence-electron chi connectivity index (χ1n) is 8.97. The number of hydrogen-bond acceptors (Lipinski definition) is 5. The Morgan fingerprint density at radius 1 is 1.03 bits per heavy atom. The van der Waals surface area contributed by atoms with Gasteiger partial charge in [-0.25, -0.2) is 4.79 Å². The summed E-state index contributed by atoms with van der Waals surface area (Å²) in [4.78, 5) is 50.4. The number of carboxylic acids is 1. The molecule has 8 N–H and O–H groups in total. The predicted molar refractivity (Wildman–Crippen MR) is 106 cm³/mol. The lowest BCUT2D eigenvalue weighted by Gasteiger charge is -2.14. The van der Waals surface area contributed by atoms with Gasteiger partial charge >= 0.3 is 5.97 Å². The van der Waals surface area contributed by atoms with Crippen LogP contribution < -0.4 is 27.4 Å². The van der Waals surface area contributed by atoms with Crippen LogP contribution in [-0.2, 0) is 14.4 Å². The number of carboxylic acid groups (broad SMARTS) is 1. The highest BCUT2D eigenvalue weighted by Crippen LogP contribution is 1.99. The van der Waals surface area contributed by atoms with Gasteiger partial charge in [0, 0.05) is 25.1 Å². The van der Waals surface area contributed by atoms with Gasteiger partial charge in [-0.2, -0.15) is 0 Å². The maximum atomic E-state index is 11.8. The molecule has 1 atom stereocenters. The fraction of sp³-hybridized carbons (Fsp3) is 0.389. The van der Waals surface area contributed by atoms with Crippen molar-refractivity contribution in [1.82, 2.24) is 16.0 Å². The topological polar surface area (TPSA) is 189 Å². The largest absolute Gasteiger partial charge is 0.480 e. The molecule has 0 aliphatic rings. The van der Waals surface area contributed by atoms with Crippen molar-refractivity contribution in [1.29, 1.82) is 0 Å². The third-order valence-electron chi connectivity index (χ3n) is 3.70. The summed E-state index contributed by atoms with van der Waals surface area (Å²) in [6.45, 7) is -0.0275. The van der Waals surface area contributed by atoms with E-state index in [1.807, 2.05) is 0 Å². The van der Waals surface area contributed by atoms with E-state index >= 15 is 0 Å². The average molecular weight is 406 g/mol. The molecule has 1 aromatic carbocycles. The van der Waals surface area contributed by atoms with Gasteiger partial charge in [-0.05, 0) is 25.0 Å². The maximum Gasteiger partial charge on any atom is 0.326 e. The Hall–Kier alpha value is -3.63. The first kappa shape index (κ1) is 23.4. The summed E-state index contributed by atoms with van der Waals surface area (Å²) in [6.07, 6.45) is 0.479. The summed E-state index contributed by atoms with van der Waals surface area (Å²) >= 11 is 0. The molecule has 0 spiro atoms. The summed E-state index contributed by atoms with van der Waals surface area (Å²) in [6, 6.07) is 7.43. The molecule has 0 saturated heterocycles. The average Bonchev–Trinajstić information content (AvgIpc) is 2.68. The van der Waals surface area contributed by atoms with Gasteiger partial charge < -0.3 is 32.5 Å². The Morgan fingerprint density at radius 3 is 2.34 bits per heavy atom. The van der Waals surface area contributed by atoms with Crippen LogP contribution in [0.1, 0.15) is 29.6 Å². The summed E-state index contributed by atoms with van der Waals surface area (Å²) in [5.41, 5.74) is 10.8. The quantitative estimate of drug-likeness (QED) is 0.139. The van der Waals surface area contributed by atoms with Crippen molar-refractivity contribution in [2.45, 2.75) is 25.3 Å². The zero-order chi connectivity index (χ0) is 21.6. The molecule has 11 nitrogen and oxygen atoms in total. The molecule has 1 rings (SSSR count). The normalized spacial score (nSPS) is 11.0. The molecule has 3 amide bonds. The molecule has 0 aromatic heterocycles. The van der Waals surface area contributed by atoms with Crippen LogP contribution in [0.4, 0.5) is 0 Å². The first-order valence-corrected chi connectivity index (χ1v) is 8.97. The van der Waals surface area contributed by atoms with Gasteiger partial charge in [0.05, 0.1) is 6.54 Å². The van der Waals surface area contributed by atoms with E-state index in [0.717, 1.165) is 0 Å². The van der Waals surface area contributed by atoms with Crippen LogP contribution in [0, 0.1) is 0 Å². The van der Waals surface area contributed by atoms with Gasteiger partial charge in [0.1, 0.15) is 6.04 Å². The van der Waals surface area contributed by atoms with Crippen molar-refractivity contribution < 1.29 is 24.3 Å². The van der Waals surface area contributed by atoms with E-state index in [0.29, 0.717) is 12.0 Å². The van der Waals surface area contributed by atoms with Crippen LogP contribution in [0.3, 0.4) is 0 Å². The van der Waals surface area contributed by atoms with E-state index in [1.165, 1.54) is 0 Å². The van der Waals surface area contributed by atoms with E-state index in [2.05, 4.69) is 20.9 Å². The number of amides is 3. The van der Waals surface area contributed by atoms with Gasteiger partial charge in [0.15, 0.2) is 5.96 Å². The number of rotatable bonds is 12. The molecule has 0 heterocycles. The molecule has 0 bridgehead atoms. The lowest BCUT2D eigenvalue weighted by Crippen LogP contribution is -2.45. The zero-order valence-electron chi connectivity index (χ0n) is 15.9. The highest BCUT2D eigenvalue weighted by molar-refractivity contribution is 5.94. The predicted octanol–water partition coefficient (Wildman–Crippen LogP) is -1.45. The molecular weight excluding hydrogens is 380 g/mol. The number of carbonyl (C=O) groups excluding carboxylic acids is 3. The van der Waals surface area contributed by atoms with Crippen LogP contribution in [-0.4, -0.2) is 60.4 Å². The smallest absolute Gasteiger partial charge is 0.326 e. The van der Waals surface area contributed by atoms with Gasteiger partial charge in [-0.15, -0.1) is 0 Å². The maximum absolute atomic E-state index is 11.8. The monoisotopic (exact) mass is 406 g/mol. The number of nitrogens with zero attached hydrogens (tertiary/aromatic N) is 1. The number of hydrogen-bond donors (Lipinski definition) is 6. The van der Waals surface area contributed by atoms with Crippen LogP contribution in [0.15, 0.2) is 35.3 Å². The fourth-order valence-corrected chi connectivity index (χ4v) is 2.25. The van der Waals surface area contributed by atoms with E-state index < -0.39 is 23.8 Å². The minimum Gasteiger partial charge on any atom is -0.480 e. The number of nitrogens with one attached hydrogen (secondary N) is 3. The summed E-state index contributed by atoms with van der Waals surface area (Å²) in [7, 11) is 0. The Balaban J connectivity index is 2.27. The van der Waals surface area contributed by atoms with Crippen molar-refractivity contribution in [2.75, 3.05) is 19.6 Å². The fourth-order valence-electron chi connectivity index (χ4n) is 2.25. The minimum atomic E-state index is -1.20. The van der Waals surface area contributed by atoms with E-state index in [-0.39, 0.29) is 44.3 Å². The van der Waals surface area contributed by atoms with Gasteiger partial charge in [-0.1, -0.05) is 18.2 Å². The standard InChI is InChI=1S/C18H26N6O5/c19-18(20)22-9-4-7-13(17(28)29)24-15(26)11-23-14(25)8-10-21-16(27)12-5-2-1-3-6-12/h1-3,5-6,13H,4,7-11H2,(H,21,27)(H,23,25)(H,24,26)(H,28,29)(H4,19,20,22)/t13-/m0/s1. The van der Waals surface area contributed by atoms with Crippen molar-refractivity contribution >= 4 is 29.7 Å². The molecule has 0 saturated carbocycles. The second kappa shape index (κ2) is 12.7.